The van der Waals surface area contributed by atoms with Crippen molar-refractivity contribution in [3.8, 4) is 0 Å². The van der Waals surface area contributed by atoms with Crippen molar-refractivity contribution in [2.75, 3.05) is 13.2 Å². The first kappa shape index (κ1) is 9.22. The minimum Gasteiger partial charge on any atom is -0.395 e. The lowest BCUT2D eigenvalue weighted by molar-refractivity contribution is 0.250. The van der Waals surface area contributed by atoms with Gasteiger partial charge in [-0.3, -0.25) is 4.68 Å². The van der Waals surface area contributed by atoms with E-state index in [4.69, 9.17) is 5.11 Å². The SMILES string of the molecule is CC(CO)NCCn1cccn1. The number of nitrogens with zero attached hydrogens (tertiary/aromatic N) is 2. The second kappa shape index (κ2) is 4.90. The van der Waals surface area contributed by atoms with Gasteiger partial charge in [-0.1, -0.05) is 0 Å². The van der Waals surface area contributed by atoms with E-state index >= 15 is 0 Å². The molecule has 0 radical (unpaired) electrons. The van der Waals surface area contributed by atoms with E-state index in [1.165, 1.54) is 0 Å². The van der Waals surface area contributed by atoms with Crippen molar-refractivity contribution in [1.82, 2.24) is 15.1 Å². The van der Waals surface area contributed by atoms with Gasteiger partial charge in [-0.2, -0.15) is 5.10 Å². The molecule has 1 aromatic heterocycles. The van der Waals surface area contributed by atoms with E-state index in [9.17, 15) is 0 Å². The highest BCUT2D eigenvalue weighted by molar-refractivity contribution is 4.77. The number of hydrogen-bond donors (Lipinski definition) is 2. The molecule has 4 heteroatoms. The minimum atomic E-state index is 0.167. The summed E-state index contributed by atoms with van der Waals surface area (Å²) in [5.74, 6) is 0. The molecule has 0 fully saturated rings. The molecule has 0 spiro atoms. The Balaban J connectivity index is 2.11. The van der Waals surface area contributed by atoms with Gasteiger partial charge < -0.3 is 10.4 Å². The van der Waals surface area contributed by atoms with Gasteiger partial charge >= 0.3 is 0 Å². The standard InChI is InChI=1S/C8H15N3O/c1-8(7-12)9-4-6-11-5-2-3-10-11/h2-3,5,8-9,12H,4,6-7H2,1H3. The van der Waals surface area contributed by atoms with Gasteiger partial charge in [0.15, 0.2) is 0 Å². The van der Waals surface area contributed by atoms with Gasteiger partial charge in [-0.25, -0.2) is 0 Å². The van der Waals surface area contributed by atoms with Crippen molar-refractivity contribution < 1.29 is 5.11 Å². The van der Waals surface area contributed by atoms with Crippen LogP contribution in [0.5, 0.6) is 0 Å². The highest BCUT2D eigenvalue weighted by Gasteiger charge is 1.96. The van der Waals surface area contributed by atoms with E-state index in [-0.39, 0.29) is 12.6 Å². The Labute approximate surface area is 72.2 Å². The van der Waals surface area contributed by atoms with E-state index in [0.717, 1.165) is 13.1 Å². The summed E-state index contributed by atoms with van der Waals surface area (Å²) in [5.41, 5.74) is 0. The Hall–Kier alpha value is -0.870. The van der Waals surface area contributed by atoms with Crippen LogP contribution in [0, 0.1) is 0 Å². The van der Waals surface area contributed by atoms with Crippen molar-refractivity contribution in [2.45, 2.75) is 19.5 Å². The maximum Gasteiger partial charge on any atom is 0.0581 e. The van der Waals surface area contributed by atoms with Gasteiger partial charge in [-0.05, 0) is 13.0 Å². The van der Waals surface area contributed by atoms with Gasteiger partial charge in [0.25, 0.3) is 0 Å². The second-order valence-corrected chi connectivity index (χ2v) is 2.81. The first-order chi connectivity index (χ1) is 5.83. The third-order valence-electron chi connectivity index (χ3n) is 1.67. The predicted octanol–water partition coefficient (Wildman–Crippen LogP) is -0.147. The molecule has 0 aliphatic heterocycles. The van der Waals surface area contributed by atoms with Crippen LogP contribution in [-0.2, 0) is 6.54 Å². The second-order valence-electron chi connectivity index (χ2n) is 2.81. The Morgan fingerprint density at radius 1 is 1.67 bits per heavy atom. The molecule has 0 aliphatic rings. The van der Waals surface area contributed by atoms with Crippen molar-refractivity contribution in [1.29, 1.82) is 0 Å². The van der Waals surface area contributed by atoms with Crippen LogP contribution in [0.25, 0.3) is 0 Å². The van der Waals surface area contributed by atoms with Crippen LogP contribution in [0.1, 0.15) is 6.92 Å². The van der Waals surface area contributed by atoms with Crippen LogP contribution in [0.4, 0.5) is 0 Å². The third kappa shape index (κ3) is 3.02. The van der Waals surface area contributed by atoms with Crippen molar-refractivity contribution in [3.05, 3.63) is 18.5 Å². The Bertz CT molecular complexity index is 198. The number of aliphatic hydroxyl groups is 1. The largest absolute Gasteiger partial charge is 0.395 e. The van der Waals surface area contributed by atoms with Gasteiger partial charge in [0.2, 0.25) is 0 Å². The topological polar surface area (TPSA) is 50.1 Å². The van der Waals surface area contributed by atoms with Crippen molar-refractivity contribution in [3.63, 3.8) is 0 Å². The minimum absolute atomic E-state index is 0.167. The molecule has 12 heavy (non-hydrogen) atoms. The maximum absolute atomic E-state index is 8.71. The van der Waals surface area contributed by atoms with Crippen LogP contribution in [-0.4, -0.2) is 34.1 Å². The lowest BCUT2D eigenvalue weighted by Gasteiger charge is -2.09. The van der Waals surface area contributed by atoms with Crippen LogP contribution < -0.4 is 5.32 Å². The molecule has 1 aromatic rings. The van der Waals surface area contributed by atoms with Crippen molar-refractivity contribution >= 4 is 0 Å². The molecule has 4 nitrogen and oxygen atoms in total. The summed E-state index contributed by atoms with van der Waals surface area (Å²) in [6.07, 6.45) is 3.68. The average molecular weight is 169 g/mol. The zero-order chi connectivity index (χ0) is 8.81. The van der Waals surface area contributed by atoms with Crippen LogP contribution in [0.3, 0.4) is 0 Å². The molecule has 1 unspecified atom stereocenters. The number of hydrogen-bond acceptors (Lipinski definition) is 3. The summed E-state index contributed by atoms with van der Waals surface area (Å²) in [6, 6.07) is 2.07. The zero-order valence-electron chi connectivity index (χ0n) is 7.27. The normalized spacial score (nSPS) is 13.2. The average Bonchev–Trinajstić information content (AvgIpc) is 2.57. The molecule has 0 saturated carbocycles. The smallest absolute Gasteiger partial charge is 0.0581 e. The maximum atomic E-state index is 8.71. The van der Waals surface area contributed by atoms with Crippen molar-refractivity contribution in [2.24, 2.45) is 0 Å². The van der Waals surface area contributed by atoms with Gasteiger partial charge in [0.1, 0.15) is 0 Å². The van der Waals surface area contributed by atoms with Crippen LogP contribution in [0.2, 0.25) is 0 Å². The van der Waals surface area contributed by atoms with Gasteiger partial charge in [0.05, 0.1) is 13.2 Å². The summed E-state index contributed by atoms with van der Waals surface area (Å²) in [5, 5.41) is 15.9. The molecular formula is C8H15N3O. The molecule has 0 bridgehead atoms. The molecule has 0 amide bonds. The lowest BCUT2D eigenvalue weighted by Crippen LogP contribution is -2.32. The highest BCUT2D eigenvalue weighted by atomic mass is 16.3. The molecule has 1 rings (SSSR count). The van der Waals surface area contributed by atoms with Gasteiger partial charge in [-0.15, -0.1) is 0 Å². The molecule has 0 aliphatic carbocycles. The lowest BCUT2D eigenvalue weighted by atomic mass is 10.3. The van der Waals surface area contributed by atoms with E-state index in [0.29, 0.717) is 0 Å². The first-order valence-corrected chi connectivity index (χ1v) is 4.14. The Morgan fingerprint density at radius 3 is 3.08 bits per heavy atom. The molecule has 1 heterocycles. The Kier molecular flexibility index (Phi) is 3.76. The molecule has 0 saturated heterocycles. The molecule has 1 atom stereocenters. The quantitative estimate of drug-likeness (QED) is 0.644. The zero-order valence-corrected chi connectivity index (χ0v) is 7.27. The van der Waals surface area contributed by atoms with E-state index in [1.54, 1.807) is 6.20 Å². The molecule has 68 valence electrons. The summed E-state index contributed by atoms with van der Waals surface area (Å²) < 4.78 is 1.86. The summed E-state index contributed by atoms with van der Waals surface area (Å²) >= 11 is 0. The number of nitrogens with one attached hydrogen (secondary N) is 1. The first-order valence-electron chi connectivity index (χ1n) is 4.14. The summed E-state index contributed by atoms with van der Waals surface area (Å²) in [4.78, 5) is 0. The summed E-state index contributed by atoms with van der Waals surface area (Å²) in [6.45, 7) is 3.81. The highest BCUT2D eigenvalue weighted by Crippen LogP contribution is 1.83. The molecular weight excluding hydrogens is 154 g/mol. The van der Waals surface area contributed by atoms with E-state index in [1.807, 2.05) is 23.9 Å². The van der Waals surface area contributed by atoms with Crippen LogP contribution >= 0.6 is 0 Å². The third-order valence-corrected chi connectivity index (χ3v) is 1.67. The number of aromatic nitrogens is 2. The fourth-order valence-corrected chi connectivity index (χ4v) is 0.923. The number of rotatable bonds is 5. The molecule has 0 aromatic carbocycles. The van der Waals surface area contributed by atoms with Gasteiger partial charge in [0, 0.05) is 25.0 Å². The fourth-order valence-electron chi connectivity index (χ4n) is 0.923. The van der Waals surface area contributed by atoms with Crippen LogP contribution in [0.15, 0.2) is 18.5 Å². The monoisotopic (exact) mass is 169 g/mol. The molecule has 2 N–H and O–H groups in total. The number of aliphatic hydroxyl groups excluding tert-OH is 1. The Morgan fingerprint density at radius 2 is 2.50 bits per heavy atom. The van der Waals surface area contributed by atoms with E-state index < -0.39 is 0 Å². The predicted molar refractivity (Wildman–Crippen MR) is 46.8 cm³/mol. The fraction of sp³-hybridized carbons (Fsp3) is 0.625. The van der Waals surface area contributed by atoms with E-state index in [2.05, 4.69) is 10.4 Å². The summed E-state index contributed by atoms with van der Waals surface area (Å²) in [7, 11) is 0.